The summed E-state index contributed by atoms with van der Waals surface area (Å²) in [5, 5.41) is 6.07. The maximum Gasteiger partial charge on any atom is 0.160 e. The van der Waals surface area contributed by atoms with Gasteiger partial charge in [-0.15, -0.1) is 0 Å². The van der Waals surface area contributed by atoms with Crippen molar-refractivity contribution in [3.05, 3.63) is 128 Å². The molecule has 0 N–H and O–H groups in total. The minimum atomic E-state index is 0.664. The first kappa shape index (κ1) is 20.9. The van der Waals surface area contributed by atoms with Crippen molar-refractivity contribution in [3.63, 3.8) is 0 Å². The van der Waals surface area contributed by atoms with Crippen molar-refractivity contribution in [1.29, 1.82) is 0 Å². The minimum Gasteiger partial charge on any atom is -0.317 e. The normalized spacial score (nSPS) is 11.7. The van der Waals surface area contributed by atoms with Gasteiger partial charge in [0, 0.05) is 46.0 Å². The quantitative estimate of drug-likeness (QED) is 0.256. The monoisotopic (exact) mass is 487 g/mol. The maximum atomic E-state index is 4.68. The van der Waals surface area contributed by atoms with Crippen molar-refractivity contribution in [3.8, 4) is 22.8 Å². The number of para-hydroxylation sites is 2. The summed E-state index contributed by atoms with van der Waals surface area (Å²) in [5.41, 5.74) is 6.44. The Balaban J connectivity index is 1.37. The molecule has 0 atom stereocenters. The van der Waals surface area contributed by atoms with Crippen molar-refractivity contribution in [1.82, 2.24) is 24.1 Å². The lowest BCUT2D eigenvalue weighted by molar-refractivity contribution is 1.08. The number of pyridine rings is 1. The SMILES string of the molecule is c1ccc(-n2ccc3cc4cc5c6ccccc6n(-c6cnc(-c7cccnc7)nc6)c5cc4cc32)cc1. The molecule has 0 saturated heterocycles. The fourth-order valence-electron chi connectivity index (χ4n) is 5.52. The van der Waals surface area contributed by atoms with Crippen LogP contribution in [0.4, 0.5) is 0 Å². The molecule has 178 valence electrons. The molecule has 0 saturated carbocycles. The maximum absolute atomic E-state index is 4.68. The molecule has 4 heterocycles. The smallest absolute Gasteiger partial charge is 0.160 e. The first-order valence-electron chi connectivity index (χ1n) is 12.6. The summed E-state index contributed by atoms with van der Waals surface area (Å²) >= 11 is 0. The first-order chi connectivity index (χ1) is 18.8. The number of hydrogen-bond donors (Lipinski definition) is 0. The topological polar surface area (TPSA) is 48.5 Å². The molecule has 4 aromatic carbocycles. The predicted octanol–water partition coefficient (Wildman–Crippen LogP) is 7.73. The van der Waals surface area contributed by atoms with Gasteiger partial charge in [0.1, 0.15) is 0 Å². The van der Waals surface area contributed by atoms with Crippen molar-refractivity contribution in [2.45, 2.75) is 0 Å². The molecule has 5 heteroatoms. The predicted molar refractivity (Wildman–Crippen MR) is 154 cm³/mol. The Morgan fingerprint density at radius 2 is 1.32 bits per heavy atom. The Kier molecular flexibility index (Phi) is 4.45. The zero-order valence-electron chi connectivity index (χ0n) is 20.4. The first-order valence-corrected chi connectivity index (χ1v) is 12.6. The van der Waals surface area contributed by atoms with Gasteiger partial charge < -0.3 is 9.13 Å². The molecule has 0 aliphatic carbocycles. The van der Waals surface area contributed by atoms with E-state index >= 15 is 0 Å². The van der Waals surface area contributed by atoms with Gasteiger partial charge in [-0.1, -0.05) is 36.4 Å². The van der Waals surface area contributed by atoms with E-state index in [1.165, 1.54) is 32.4 Å². The van der Waals surface area contributed by atoms with E-state index in [1.807, 2.05) is 30.6 Å². The molecular weight excluding hydrogens is 466 g/mol. The van der Waals surface area contributed by atoms with E-state index in [-0.39, 0.29) is 0 Å². The largest absolute Gasteiger partial charge is 0.317 e. The molecule has 8 rings (SSSR count). The highest BCUT2D eigenvalue weighted by atomic mass is 15.0. The zero-order chi connectivity index (χ0) is 25.1. The van der Waals surface area contributed by atoms with Crippen LogP contribution in [0.1, 0.15) is 0 Å². The second-order valence-electron chi connectivity index (χ2n) is 9.51. The number of rotatable bonds is 3. The summed E-state index contributed by atoms with van der Waals surface area (Å²) < 4.78 is 4.51. The van der Waals surface area contributed by atoms with Gasteiger partial charge in [-0.25, -0.2) is 9.97 Å². The van der Waals surface area contributed by atoms with Gasteiger partial charge in [-0.3, -0.25) is 4.98 Å². The summed E-state index contributed by atoms with van der Waals surface area (Å²) in [6.45, 7) is 0. The third-order valence-electron chi connectivity index (χ3n) is 7.29. The fraction of sp³-hybridized carbons (Fsp3) is 0. The Bertz CT molecular complexity index is 2110. The highest BCUT2D eigenvalue weighted by molar-refractivity contribution is 6.15. The average Bonchev–Trinajstić information content (AvgIpc) is 3.54. The lowest BCUT2D eigenvalue weighted by Gasteiger charge is -2.09. The van der Waals surface area contributed by atoms with Crippen molar-refractivity contribution in [2.75, 3.05) is 0 Å². The van der Waals surface area contributed by atoms with Crippen molar-refractivity contribution < 1.29 is 0 Å². The molecule has 5 nitrogen and oxygen atoms in total. The Morgan fingerprint density at radius 1 is 0.526 bits per heavy atom. The van der Waals surface area contributed by atoms with Crippen LogP contribution in [0.2, 0.25) is 0 Å². The van der Waals surface area contributed by atoms with Crippen LogP contribution in [-0.4, -0.2) is 24.1 Å². The van der Waals surface area contributed by atoms with Crippen LogP contribution in [0.15, 0.2) is 128 Å². The molecule has 4 aromatic heterocycles. The molecule has 0 amide bonds. The highest BCUT2D eigenvalue weighted by Gasteiger charge is 2.15. The van der Waals surface area contributed by atoms with E-state index in [2.05, 4.69) is 109 Å². The summed E-state index contributed by atoms with van der Waals surface area (Å²) in [6, 6.07) is 34.3. The van der Waals surface area contributed by atoms with Crippen LogP contribution < -0.4 is 0 Å². The number of aromatic nitrogens is 5. The van der Waals surface area contributed by atoms with Gasteiger partial charge >= 0.3 is 0 Å². The number of benzene rings is 4. The van der Waals surface area contributed by atoms with Crippen LogP contribution in [0.25, 0.3) is 66.2 Å². The lowest BCUT2D eigenvalue weighted by Crippen LogP contribution is -1.98. The standard InChI is InChI=1S/C33H21N5/c1-2-8-26(9-3-1)37-14-12-22-15-24-16-29-28-10-4-5-11-30(28)38(32(29)18-25(24)17-31(22)37)27-20-35-33(36-21-27)23-7-6-13-34-19-23/h1-21H. The fourth-order valence-corrected chi connectivity index (χ4v) is 5.52. The molecular formula is C33H21N5. The van der Waals surface area contributed by atoms with Gasteiger partial charge in [-0.05, 0) is 71.4 Å². The highest BCUT2D eigenvalue weighted by Crippen LogP contribution is 2.36. The molecule has 0 unspecified atom stereocenters. The van der Waals surface area contributed by atoms with Crippen molar-refractivity contribution >= 4 is 43.5 Å². The molecule has 0 aliphatic rings. The summed E-state index contributed by atoms with van der Waals surface area (Å²) in [7, 11) is 0. The third-order valence-corrected chi connectivity index (χ3v) is 7.29. The summed E-state index contributed by atoms with van der Waals surface area (Å²) in [5.74, 6) is 0.664. The Hall–Kier alpha value is -5.29. The molecule has 0 spiro atoms. The molecule has 0 radical (unpaired) electrons. The van der Waals surface area contributed by atoms with Gasteiger partial charge in [0.25, 0.3) is 0 Å². The molecule has 0 aliphatic heterocycles. The third kappa shape index (κ3) is 3.15. The lowest BCUT2D eigenvalue weighted by atomic mass is 10.0. The van der Waals surface area contributed by atoms with E-state index in [0.717, 1.165) is 28.0 Å². The van der Waals surface area contributed by atoms with Crippen LogP contribution in [0, 0.1) is 0 Å². The average molecular weight is 488 g/mol. The molecule has 38 heavy (non-hydrogen) atoms. The second kappa shape index (κ2) is 8.11. The molecule has 8 aromatic rings. The van der Waals surface area contributed by atoms with E-state index < -0.39 is 0 Å². The van der Waals surface area contributed by atoms with Gasteiger partial charge in [-0.2, -0.15) is 0 Å². The van der Waals surface area contributed by atoms with Crippen LogP contribution in [-0.2, 0) is 0 Å². The van der Waals surface area contributed by atoms with E-state index in [9.17, 15) is 0 Å². The van der Waals surface area contributed by atoms with Crippen molar-refractivity contribution in [2.24, 2.45) is 0 Å². The number of nitrogens with zero attached hydrogens (tertiary/aromatic N) is 5. The van der Waals surface area contributed by atoms with Gasteiger partial charge in [0.05, 0.1) is 34.6 Å². The van der Waals surface area contributed by atoms with Gasteiger partial charge in [0.2, 0.25) is 0 Å². The van der Waals surface area contributed by atoms with Crippen LogP contribution in [0.3, 0.4) is 0 Å². The Labute approximate surface area is 218 Å². The van der Waals surface area contributed by atoms with E-state index in [4.69, 9.17) is 0 Å². The second-order valence-corrected chi connectivity index (χ2v) is 9.51. The number of hydrogen-bond acceptors (Lipinski definition) is 3. The Morgan fingerprint density at radius 3 is 2.16 bits per heavy atom. The van der Waals surface area contributed by atoms with E-state index in [0.29, 0.717) is 5.82 Å². The molecule has 0 fully saturated rings. The van der Waals surface area contributed by atoms with Gasteiger partial charge in [0.15, 0.2) is 5.82 Å². The summed E-state index contributed by atoms with van der Waals surface area (Å²) in [6.07, 6.45) is 9.48. The summed E-state index contributed by atoms with van der Waals surface area (Å²) in [4.78, 5) is 13.6. The van der Waals surface area contributed by atoms with E-state index in [1.54, 1.807) is 12.4 Å². The van der Waals surface area contributed by atoms with Crippen LogP contribution in [0.5, 0.6) is 0 Å². The zero-order valence-corrected chi connectivity index (χ0v) is 20.4. The minimum absolute atomic E-state index is 0.664. The number of fused-ring (bicyclic) bond motifs is 5. The van der Waals surface area contributed by atoms with Crippen LogP contribution >= 0.6 is 0 Å². The molecule has 0 bridgehead atoms.